The lowest BCUT2D eigenvalue weighted by Crippen LogP contribution is -2.51. The summed E-state index contributed by atoms with van der Waals surface area (Å²) in [5, 5.41) is 10.8. The van der Waals surface area contributed by atoms with E-state index in [1.807, 2.05) is 89.6 Å². The van der Waals surface area contributed by atoms with Gasteiger partial charge in [0.05, 0.1) is 29.4 Å². The second-order valence-corrected chi connectivity index (χ2v) is 13.7. The number of carbonyl (C=O) groups is 2. The Bertz CT molecular complexity index is 2230. The maximum atomic E-state index is 15.0. The van der Waals surface area contributed by atoms with Crippen LogP contribution >= 0.6 is 12.4 Å². The fraction of sp³-hybridized carbons (Fsp3) is 0.227. The predicted molar refractivity (Wildman–Crippen MR) is 212 cm³/mol. The first-order valence-electron chi connectivity index (χ1n) is 18.1. The highest BCUT2D eigenvalue weighted by molar-refractivity contribution is 6.17. The fourth-order valence-corrected chi connectivity index (χ4v) is 7.83. The second-order valence-electron chi connectivity index (χ2n) is 13.7. The van der Waals surface area contributed by atoms with Crippen molar-refractivity contribution in [1.29, 1.82) is 0 Å². The minimum atomic E-state index is -0.239. The van der Waals surface area contributed by atoms with Gasteiger partial charge >= 0.3 is 0 Å². The summed E-state index contributed by atoms with van der Waals surface area (Å²) in [7, 11) is 1.62. The molecule has 0 radical (unpaired) electrons. The molecule has 0 bridgehead atoms. The molecule has 2 aliphatic heterocycles. The van der Waals surface area contributed by atoms with E-state index < -0.39 is 0 Å². The SMILES string of the molecule is COc1ccc(C(=O)N2Cc3ccccc3C[C@H]2CN2CCCCC2)c(-n2cc(C(=O)N(c3ccccc3)c3ccc(O)cc3)c3ccccc32)c1.Cl. The topological polar surface area (TPSA) is 78.2 Å². The van der Waals surface area contributed by atoms with Crippen LogP contribution in [0.1, 0.15) is 51.1 Å². The lowest BCUT2D eigenvalue weighted by Gasteiger charge is -2.40. The maximum Gasteiger partial charge on any atom is 0.265 e. The van der Waals surface area contributed by atoms with E-state index >= 15 is 0 Å². The van der Waals surface area contributed by atoms with Gasteiger partial charge in [0.25, 0.3) is 11.8 Å². The molecule has 1 N–H and O–H groups in total. The van der Waals surface area contributed by atoms with Crippen LogP contribution in [0.5, 0.6) is 11.5 Å². The number of carbonyl (C=O) groups excluding carboxylic acids is 2. The number of fused-ring (bicyclic) bond motifs is 2. The third-order valence-electron chi connectivity index (χ3n) is 10.5. The van der Waals surface area contributed by atoms with Crippen molar-refractivity contribution in [3.05, 3.63) is 150 Å². The molecule has 0 spiro atoms. The molecular weight excluding hydrogens is 684 g/mol. The van der Waals surface area contributed by atoms with E-state index in [2.05, 4.69) is 28.0 Å². The zero-order valence-corrected chi connectivity index (χ0v) is 30.5. The lowest BCUT2D eigenvalue weighted by atomic mass is 9.92. The van der Waals surface area contributed by atoms with Crippen molar-refractivity contribution in [3.63, 3.8) is 0 Å². The Morgan fingerprint density at radius 3 is 2.21 bits per heavy atom. The van der Waals surface area contributed by atoms with Gasteiger partial charge < -0.3 is 24.2 Å². The number of hydrogen-bond acceptors (Lipinski definition) is 5. The largest absolute Gasteiger partial charge is 0.508 e. The van der Waals surface area contributed by atoms with Crippen molar-refractivity contribution in [2.24, 2.45) is 0 Å². The van der Waals surface area contributed by atoms with Crippen LogP contribution in [0.4, 0.5) is 11.4 Å². The third-order valence-corrected chi connectivity index (χ3v) is 10.5. The number of aromatic hydroxyl groups is 1. The molecule has 2 amide bonds. The van der Waals surface area contributed by atoms with E-state index in [-0.39, 0.29) is 36.0 Å². The molecule has 1 fully saturated rings. The standard InChI is InChI=1S/C44H42N4O4.ClH/c1-52-37-22-23-39(43(50)46-28-32-13-7-6-12-31(32)26-35(46)29-45-24-10-3-11-25-45)42(27-37)47-30-40(38-16-8-9-17-41(38)47)44(51)48(33-14-4-2-5-15-33)34-18-20-36(49)21-19-34;/h2,4-9,12-23,27,30,35,49H,3,10-11,24-26,28-29H2,1H3;1H/t35-;/m0./s1. The number of methoxy groups -OCH3 is 1. The van der Waals surface area contributed by atoms with Crippen LogP contribution in [-0.2, 0) is 13.0 Å². The molecule has 0 unspecified atom stereocenters. The van der Waals surface area contributed by atoms with E-state index in [4.69, 9.17) is 4.74 Å². The minimum absolute atomic E-state index is 0. The number of amides is 2. The summed E-state index contributed by atoms with van der Waals surface area (Å²) in [4.78, 5) is 36.0. The van der Waals surface area contributed by atoms with Crippen LogP contribution in [0.3, 0.4) is 0 Å². The Kier molecular flexibility index (Phi) is 10.5. The first-order chi connectivity index (χ1) is 25.5. The number of piperidine rings is 1. The van der Waals surface area contributed by atoms with Gasteiger partial charge in [-0.3, -0.25) is 14.5 Å². The molecule has 1 atom stereocenters. The molecule has 5 aromatic carbocycles. The predicted octanol–water partition coefficient (Wildman–Crippen LogP) is 8.80. The molecule has 1 aromatic heterocycles. The molecule has 0 saturated carbocycles. The van der Waals surface area contributed by atoms with E-state index in [1.54, 1.807) is 36.3 Å². The smallest absolute Gasteiger partial charge is 0.265 e. The van der Waals surface area contributed by atoms with Crippen molar-refractivity contribution in [2.75, 3.05) is 31.6 Å². The fourth-order valence-electron chi connectivity index (χ4n) is 7.83. The van der Waals surface area contributed by atoms with Gasteiger partial charge in [-0.25, -0.2) is 0 Å². The van der Waals surface area contributed by atoms with E-state index in [0.717, 1.165) is 37.0 Å². The molecule has 1 saturated heterocycles. The number of halogens is 1. The number of likely N-dealkylation sites (tertiary alicyclic amines) is 1. The number of ether oxygens (including phenoxy) is 1. The van der Waals surface area contributed by atoms with Gasteiger partial charge in [0.1, 0.15) is 11.5 Å². The van der Waals surface area contributed by atoms with E-state index in [1.165, 1.54) is 30.4 Å². The molecule has 9 heteroatoms. The highest BCUT2D eigenvalue weighted by atomic mass is 35.5. The van der Waals surface area contributed by atoms with Crippen LogP contribution in [0.25, 0.3) is 16.6 Å². The van der Waals surface area contributed by atoms with E-state index in [9.17, 15) is 14.7 Å². The van der Waals surface area contributed by atoms with Gasteiger partial charge in [0, 0.05) is 48.2 Å². The van der Waals surface area contributed by atoms with Gasteiger partial charge in [0.2, 0.25) is 0 Å². The molecule has 8 rings (SSSR count). The molecule has 0 aliphatic carbocycles. The van der Waals surface area contributed by atoms with Crippen LogP contribution in [0.15, 0.2) is 128 Å². The Hall–Kier alpha value is -5.57. The normalized spacial score (nSPS) is 15.7. The third kappa shape index (κ3) is 7.12. The monoisotopic (exact) mass is 726 g/mol. The number of hydrogen-bond donors (Lipinski definition) is 1. The van der Waals surface area contributed by atoms with Gasteiger partial charge in [-0.05, 0) is 98.1 Å². The van der Waals surface area contributed by atoms with Gasteiger partial charge in [-0.2, -0.15) is 0 Å². The number of anilines is 2. The molecule has 8 nitrogen and oxygen atoms in total. The van der Waals surface area contributed by atoms with Crippen LogP contribution in [0.2, 0.25) is 0 Å². The van der Waals surface area contributed by atoms with Crippen LogP contribution in [-0.4, -0.2) is 64.1 Å². The number of phenols is 1. The van der Waals surface area contributed by atoms with Crippen molar-refractivity contribution in [3.8, 4) is 17.2 Å². The summed E-state index contributed by atoms with van der Waals surface area (Å²) in [6.07, 6.45) is 6.29. The summed E-state index contributed by atoms with van der Waals surface area (Å²) >= 11 is 0. The number of nitrogens with zero attached hydrogens (tertiary/aromatic N) is 4. The van der Waals surface area contributed by atoms with Crippen LogP contribution in [0, 0.1) is 0 Å². The highest BCUT2D eigenvalue weighted by Crippen LogP contribution is 2.35. The Morgan fingerprint density at radius 2 is 1.45 bits per heavy atom. The summed E-state index contributed by atoms with van der Waals surface area (Å²) in [5.74, 6) is 0.444. The summed E-state index contributed by atoms with van der Waals surface area (Å²) in [6, 6.07) is 38.0. The Balaban J connectivity index is 0.00000435. The quantitative estimate of drug-likeness (QED) is 0.170. The van der Waals surface area contributed by atoms with Gasteiger partial charge in [-0.1, -0.05) is 67.1 Å². The summed E-state index contributed by atoms with van der Waals surface area (Å²) in [5.41, 5.74) is 6.25. The Morgan fingerprint density at radius 1 is 0.774 bits per heavy atom. The highest BCUT2D eigenvalue weighted by Gasteiger charge is 2.34. The number of phenolic OH excluding ortho intramolecular Hbond substituents is 1. The molecule has 2 aliphatic rings. The minimum Gasteiger partial charge on any atom is -0.508 e. The summed E-state index contributed by atoms with van der Waals surface area (Å²) < 4.78 is 7.67. The molecule has 270 valence electrons. The first kappa shape index (κ1) is 35.8. The van der Waals surface area contributed by atoms with E-state index in [0.29, 0.717) is 40.5 Å². The average molecular weight is 727 g/mol. The molecule has 53 heavy (non-hydrogen) atoms. The zero-order chi connectivity index (χ0) is 35.6. The van der Waals surface area contributed by atoms with Gasteiger partial charge in [-0.15, -0.1) is 12.4 Å². The van der Waals surface area contributed by atoms with Crippen molar-refractivity contribution < 1.29 is 19.4 Å². The van der Waals surface area contributed by atoms with Gasteiger partial charge in [0.15, 0.2) is 0 Å². The number of rotatable bonds is 8. The average Bonchev–Trinajstić information content (AvgIpc) is 3.58. The molecule has 6 aromatic rings. The first-order valence-corrected chi connectivity index (χ1v) is 18.1. The maximum absolute atomic E-state index is 15.0. The number of benzene rings is 5. The summed E-state index contributed by atoms with van der Waals surface area (Å²) in [6.45, 7) is 3.49. The zero-order valence-electron chi connectivity index (χ0n) is 29.7. The van der Waals surface area contributed by atoms with Crippen molar-refractivity contribution >= 4 is 46.5 Å². The second kappa shape index (κ2) is 15.6. The molecular formula is C44H43ClN4O4. The van der Waals surface area contributed by atoms with Crippen molar-refractivity contribution in [1.82, 2.24) is 14.4 Å². The number of para-hydroxylation sites is 2. The lowest BCUT2D eigenvalue weighted by molar-refractivity contribution is 0.0566. The van der Waals surface area contributed by atoms with Crippen molar-refractivity contribution in [2.45, 2.75) is 38.3 Å². The van der Waals surface area contributed by atoms with Crippen LogP contribution < -0.4 is 9.64 Å². The Labute approximate surface area is 316 Å². The molecule has 3 heterocycles. The number of aromatic nitrogens is 1.